The molecule has 3 aromatic rings. The Bertz CT molecular complexity index is 831. The van der Waals surface area contributed by atoms with E-state index < -0.39 is 0 Å². The number of amides is 1. The minimum atomic E-state index is -0.0636. The smallest absolute Gasteiger partial charge is 0.289 e. The number of hydrogen-bond acceptors (Lipinski definition) is 2. The maximum atomic E-state index is 12.7. The van der Waals surface area contributed by atoms with E-state index in [1.165, 1.54) is 23.0 Å². The van der Waals surface area contributed by atoms with Gasteiger partial charge in [-0.05, 0) is 41.7 Å². The van der Waals surface area contributed by atoms with E-state index in [0.717, 1.165) is 5.56 Å². The van der Waals surface area contributed by atoms with E-state index in [1.807, 2.05) is 4.90 Å². The summed E-state index contributed by atoms with van der Waals surface area (Å²) in [4.78, 5) is 14.5. The minimum absolute atomic E-state index is 0.0636. The molecule has 0 saturated carbocycles. The summed E-state index contributed by atoms with van der Waals surface area (Å²) in [6, 6.07) is 20.4. The third-order valence-corrected chi connectivity index (χ3v) is 4.32. The topological polar surface area (TPSA) is 33.5 Å². The summed E-state index contributed by atoms with van der Waals surface area (Å²) in [5, 5.41) is 0. The predicted molar refractivity (Wildman–Crippen MR) is 105 cm³/mol. The van der Waals surface area contributed by atoms with Crippen LogP contribution in [0.25, 0.3) is 11.1 Å². The molecule has 26 heavy (non-hydrogen) atoms. The predicted octanol–water partition coefficient (Wildman–Crippen LogP) is 5.55. The van der Waals surface area contributed by atoms with Gasteiger partial charge in [-0.15, -0.1) is 0 Å². The fraction of sp³-hybridized carbons (Fsp3) is 0.261. The molecule has 134 valence electrons. The van der Waals surface area contributed by atoms with Crippen molar-refractivity contribution in [1.82, 2.24) is 4.90 Å². The van der Waals surface area contributed by atoms with Gasteiger partial charge in [-0.2, -0.15) is 0 Å². The zero-order chi connectivity index (χ0) is 18.5. The Labute approximate surface area is 155 Å². The number of benzene rings is 2. The van der Waals surface area contributed by atoms with E-state index in [0.29, 0.717) is 24.8 Å². The van der Waals surface area contributed by atoms with Gasteiger partial charge in [0.2, 0.25) is 0 Å². The van der Waals surface area contributed by atoms with Crippen LogP contribution in [-0.2, 0) is 6.54 Å². The standard InChI is InChI=1S/C23H25NO2/c1-17(2)15-24(23(25)22-5-4-14-26-22)16-19-8-12-21(13-9-19)20-10-6-18(3)7-11-20/h4-14,17H,15-16H2,1-3H3. The molecule has 3 nitrogen and oxygen atoms in total. The number of carbonyl (C=O) groups excluding carboxylic acids is 1. The summed E-state index contributed by atoms with van der Waals surface area (Å²) < 4.78 is 5.29. The van der Waals surface area contributed by atoms with E-state index in [1.54, 1.807) is 12.1 Å². The first-order chi connectivity index (χ1) is 12.5. The van der Waals surface area contributed by atoms with Crippen molar-refractivity contribution < 1.29 is 9.21 Å². The lowest BCUT2D eigenvalue weighted by molar-refractivity contribution is 0.0690. The van der Waals surface area contributed by atoms with Gasteiger partial charge in [0.1, 0.15) is 0 Å². The SMILES string of the molecule is Cc1ccc(-c2ccc(CN(CC(C)C)C(=O)c3ccco3)cc2)cc1. The van der Waals surface area contributed by atoms with Crippen molar-refractivity contribution in [3.63, 3.8) is 0 Å². The lowest BCUT2D eigenvalue weighted by atomic mass is 10.0. The van der Waals surface area contributed by atoms with E-state index >= 15 is 0 Å². The number of hydrogen-bond donors (Lipinski definition) is 0. The molecule has 0 aliphatic heterocycles. The zero-order valence-electron chi connectivity index (χ0n) is 15.6. The second-order valence-corrected chi connectivity index (χ2v) is 7.12. The molecule has 0 spiro atoms. The second kappa shape index (κ2) is 8.05. The van der Waals surface area contributed by atoms with Gasteiger partial charge >= 0.3 is 0 Å². The Morgan fingerprint density at radius 2 is 1.58 bits per heavy atom. The number of furan rings is 1. The summed E-state index contributed by atoms with van der Waals surface area (Å²) in [5.41, 5.74) is 4.75. The van der Waals surface area contributed by atoms with Crippen molar-refractivity contribution >= 4 is 5.91 Å². The number of rotatable bonds is 6. The average molecular weight is 347 g/mol. The molecule has 0 fully saturated rings. The molecule has 0 unspecified atom stereocenters. The highest BCUT2D eigenvalue weighted by Crippen LogP contribution is 2.21. The number of carbonyl (C=O) groups is 1. The van der Waals surface area contributed by atoms with E-state index in [2.05, 4.69) is 69.3 Å². The van der Waals surface area contributed by atoms with Crippen LogP contribution in [0.5, 0.6) is 0 Å². The summed E-state index contributed by atoms with van der Waals surface area (Å²) in [6.45, 7) is 7.59. The minimum Gasteiger partial charge on any atom is -0.459 e. The quantitative estimate of drug-likeness (QED) is 0.585. The number of nitrogens with zero attached hydrogens (tertiary/aromatic N) is 1. The third kappa shape index (κ3) is 4.42. The van der Waals surface area contributed by atoms with Crippen molar-refractivity contribution in [3.8, 4) is 11.1 Å². The summed E-state index contributed by atoms with van der Waals surface area (Å²) in [5.74, 6) is 0.717. The van der Waals surface area contributed by atoms with Crippen molar-refractivity contribution in [2.75, 3.05) is 6.54 Å². The van der Waals surface area contributed by atoms with Crippen molar-refractivity contribution in [2.45, 2.75) is 27.3 Å². The van der Waals surface area contributed by atoms with Crippen LogP contribution in [0.3, 0.4) is 0 Å². The van der Waals surface area contributed by atoms with Crippen molar-refractivity contribution in [3.05, 3.63) is 83.8 Å². The van der Waals surface area contributed by atoms with Gasteiger partial charge in [0.25, 0.3) is 5.91 Å². The van der Waals surface area contributed by atoms with E-state index in [9.17, 15) is 4.79 Å². The van der Waals surface area contributed by atoms with Gasteiger partial charge in [-0.25, -0.2) is 0 Å². The molecule has 0 atom stereocenters. The third-order valence-electron chi connectivity index (χ3n) is 4.32. The van der Waals surface area contributed by atoms with Crippen LogP contribution in [-0.4, -0.2) is 17.4 Å². The maximum Gasteiger partial charge on any atom is 0.289 e. The molecule has 2 aromatic carbocycles. The molecule has 0 aliphatic rings. The van der Waals surface area contributed by atoms with Gasteiger partial charge in [0.15, 0.2) is 5.76 Å². The first-order valence-corrected chi connectivity index (χ1v) is 9.01. The molecule has 0 radical (unpaired) electrons. The van der Waals surface area contributed by atoms with Crippen LogP contribution < -0.4 is 0 Å². The number of aryl methyl sites for hydroxylation is 1. The maximum absolute atomic E-state index is 12.7. The van der Waals surface area contributed by atoms with Crippen molar-refractivity contribution in [2.24, 2.45) is 5.92 Å². The highest BCUT2D eigenvalue weighted by molar-refractivity contribution is 5.91. The molecule has 0 bridgehead atoms. The summed E-state index contributed by atoms with van der Waals surface area (Å²) in [7, 11) is 0. The fourth-order valence-electron chi connectivity index (χ4n) is 2.99. The highest BCUT2D eigenvalue weighted by atomic mass is 16.3. The van der Waals surface area contributed by atoms with E-state index in [-0.39, 0.29) is 5.91 Å². The Hall–Kier alpha value is -2.81. The Kier molecular flexibility index (Phi) is 5.57. The normalized spacial score (nSPS) is 10.9. The fourth-order valence-corrected chi connectivity index (χ4v) is 2.99. The molecular formula is C23H25NO2. The lowest BCUT2D eigenvalue weighted by Gasteiger charge is -2.24. The lowest BCUT2D eigenvalue weighted by Crippen LogP contribution is -2.33. The van der Waals surface area contributed by atoms with Crippen LogP contribution in [0.1, 0.15) is 35.5 Å². The van der Waals surface area contributed by atoms with Crippen LogP contribution in [0, 0.1) is 12.8 Å². The Morgan fingerprint density at radius 3 is 2.12 bits per heavy atom. The summed E-state index contributed by atoms with van der Waals surface area (Å²) >= 11 is 0. The van der Waals surface area contributed by atoms with Crippen LogP contribution in [0.4, 0.5) is 0 Å². The molecule has 1 amide bonds. The summed E-state index contributed by atoms with van der Waals surface area (Å²) in [6.07, 6.45) is 1.54. The second-order valence-electron chi connectivity index (χ2n) is 7.12. The zero-order valence-corrected chi connectivity index (χ0v) is 15.6. The molecule has 0 aliphatic carbocycles. The van der Waals surface area contributed by atoms with Crippen LogP contribution in [0.2, 0.25) is 0 Å². The monoisotopic (exact) mass is 347 g/mol. The molecular weight excluding hydrogens is 322 g/mol. The van der Waals surface area contributed by atoms with Gasteiger partial charge in [0.05, 0.1) is 6.26 Å². The average Bonchev–Trinajstić information content (AvgIpc) is 3.16. The van der Waals surface area contributed by atoms with Gasteiger partial charge in [-0.1, -0.05) is 67.9 Å². The molecule has 1 aromatic heterocycles. The first kappa shape index (κ1) is 18.0. The molecule has 3 heteroatoms. The molecule has 0 N–H and O–H groups in total. The Morgan fingerprint density at radius 1 is 0.962 bits per heavy atom. The van der Waals surface area contributed by atoms with Crippen LogP contribution >= 0.6 is 0 Å². The molecule has 3 rings (SSSR count). The van der Waals surface area contributed by atoms with Gasteiger partial charge in [-0.3, -0.25) is 4.79 Å². The largest absolute Gasteiger partial charge is 0.459 e. The molecule has 0 saturated heterocycles. The van der Waals surface area contributed by atoms with Crippen LogP contribution in [0.15, 0.2) is 71.3 Å². The Balaban J connectivity index is 1.76. The van der Waals surface area contributed by atoms with Gasteiger partial charge < -0.3 is 9.32 Å². The first-order valence-electron chi connectivity index (χ1n) is 9.01. The van der Waals surface area contributed by atoms with E-state index in [4.69, 9.17) is 4.42 Å². The van der Waals surface area contributed by atoms with Crippen molar-refractivity contribution in [1.29, 1.82) is 0 Å². The molecule has 1 heterocycles. The van der Waals surface area contributed by atoms with Gasteiger partial charge in [0, 0.05) is 13.1 Å². The highest BCUT2D eigenvalue weighted by Gasteiger charge is 2.19.